The number of aliphatic hydroxyl groups excluding tert-OH is 5. The molecule has 0 spiro atoms. The average Bonchev–Trinajstić information content (AvgIpc) is 3.06. The van der Waals surface area contributed by atoms with Crippen LogP contribution in [0.15, 0.2) is 33.5 Å². The van der Waals surface area contributed by atoms with Crippen LogP contribution in [0.4, 0.5) is 0 Å². The highest BCUT2D eigenvalue weighted by Gasteiger charge is 2.51. The second kappa shape index (κ2) is 7.57. The maximum atomic E-state index is 11.7. The van der Waals surface area contributed by atoms with Crippen molar-refractivity contribution >= 4 is 11.0 Å². The molecule has 2 aliphatic heterocycles. The Labute approximate surface area is 170 Å². The van der Waals surface area contributed by atoms with Gasteiger partial charge in [-0.05, 0) is 32.0 Å². The first kappa shape index (κ1) is 21.2. The normalized spacial score (nSPS) is 34.0. The highest BCUT2D eigenvalue weighted by atomic mass is 16.7. The van der Waals surface area contributed by atoms with Crippen molar-refractivity contribution in [2.45, 2.75) is 62.4 Å². The maximum absolute atomic E-state index is 11.7. The number of hydrogen-bond acceptors (Lipinski definition) is 10. The van der Waals surface area contributed by atoms with Crippen molar-refractivity contribution in [1.29, 1.82) is 0 Å². The van der Waals surface area contributed by atoms with Crippen molar-refractivity contribution < 1.29 is 44.2 Å². The zero-order valence-electron chi connectivity index (χ0n) is 16.3. The molecule has 7 atom stereocenters. The Bertz CT molecular complexity index is 983. The van der Waals surface area contributed by atoms with Gasteiger partial charge in [0.25, 0.3) is 0 Å². The van der Waals surface area contributed by atoms with E-state index in [4.69, 9.17) is 18.6 Å². The SMILES string of the molecule is CC(C)(O[C@H]1O[C@H](CO)[C@@H](O)[C@H](O)[C@H]1O)[C@@H]1Oc2ccc3ccc(=O)oc3c2[C@H]1O. The van der Waals surface area contributed by atoms with Crippen LogP contribution in [-0.2, 0) is 9.47 Å². The van der Waals surface area contributed by atoms with Crippen LogP contribution in [0, 0.1) is 0 Å². The van der Waals surface area contributed by atoms with E-state index in [1.54, 1.807) is 32.0 Å². The molecule has 1 saturated heterocycles. The van der Waals surface area contributed by atoms with E-state index >= 15 is 0 Å². The van der Waals surface area contributed by atoms with E-state index in [2.05, 4.69) is 0 Å². The summed E-state index contributed by atoms with van der Waals surface area (Å²) in [6.45, 7) is 2.59. The third-order valence-electron chi connectivity index (χ3n) is 5.58. The number of fused-ring (bicyclic) bond motifs is 3. The topological polar surface area (TPSA) is 159 Å². The molecule has 0 unspecified atom stereocenters. The fourth-order valence-corrected chi connectivity index (χ4v) is 3.92. The third-order valence-corrected chi connectivity index (χ3v) is 5.58. The average molecular weight is 424 g/mol. The minimum atomic E-state index is -1.60. The molecule has 0 radical (unpaired) electrons. The summed E-state index contributed by atoms with van der Waals surface area (Å²) < 4.78 is 22.4. The molecule has 2 aliphatic rings. The Kier molecular flexibility index (Phi) is 5.35. The molecule has 30 heavy (non-hydrogen) atoms. The monoisotopic (exact) mass is 424 g/mol. The molecule has 1 aromatic heterocycles. The molecule has 10 nitrogen and oxygen atoms in total. The van der Waals surface area contributed by atoms with Crippen LogP contribution in [0.25, 0.3) is 11.0 Å². The Morgan fingerprint density at radius 1 is 1.03 bits per heavy atom. The summed E-state index contributed by atoms with van der Waals surface area (Å²) >= 11 is 0. The van der Waals surface area contributed by atoms with E-state index in [9.17, 15) is 30.3 Å². The molecule has 4 rings (SSSR count). The van der Waals surface area contributed by atoms with E-state index in [0.29, 0.717) is 16.7 Å². The molecule has 2 aromatic rings. The lowest BCUT2D eigenvalue weighted by molar-refractivity contribution is -0.332. The summed E-state index contributed by atoms with van der Waals surface area (Å²) in [4.78, 5) is 11.7. The summed E-state index contributed by atoms with van der Waals surface area (Å²) in [5, 5.41) is 51.0. The summed E-state index contributed by atoms with van der Waals surface area (Å²) in [6.07, 6.45) is -9.44. The summed E-state index contributed by atoms with van der Waals surface area (Å²) in [5.74, 6) is 0.319. The molecule has 5 N–H and O–H groups in total. The quantitative estimate of drug-likeness (QED) is 0.393. The summed E-state index contributed by atoms with van der Waals surface area (Å²) in [5.41, 5.74) is -1.32. The second-order valence-electron chi connectivity index (χ2n) is 8.05. The standard InChI is InChI=1S/C20H24O10/c1-20(2,30-19-16(26)15(25)13(23)10(7-21)28-19)18-14(24)12-9(27-18)5-3-8-4-6-11(22)29-17(8)12/h3-6,10,13-16,18-19,21,23-26H,7H2,1-2H3/t10-,13-,14-,15+,16-,18-,19-/m1/s1. The molecular formula is C20H24O10. The minimum absolute atomic E-state index is 0.207. The Hall–Kier alpha value is -2.05. The van der Waals surface area contributed by atoms with Crippen LogP contribution in [0.1, 0.15) is 25.5 Å². The molecule has 1 aromatic carbocycles. The molecule has 164 valence electrons. The molecular weight excluding hydrogens is 400 g/mol. The second-order valence-corrected chi connectivity index (χ2v) is 8.05. The van der Waals surface area contributed by atoms with Gasteiger partial charge in [-0.2, -0.15) is 0 Å². The Morgan fingerprint density at radius 3 is 2.43 bits per heavy atom. The highest BCUT2D eigenvalue weighted by Crippen LogP contribution is 2.45. The third kappa shape index (κ3) is 3.40. The number of ether oxygens (including phenoxy) is 3. The first-order chi connectivity index (χ1) is 14.1. The number of rotatable bonds is 4. The fourth-order valence-electron chi connectivity index (χ4n) is 3.92. The van der Waals surface area contributed by atoms with Crippen molar-refractivity contribution in [3.63, 3.8) is 0 Å². The lowest BCUT2D eigenvalue weighted by Crippen LogP contribution is -2.61. The van der Waals surface area contributed by atoms with Gasteiger partial charge in [-0.3, -0.25) is 0 Å². The predicted molar refractivity (Wildman–Crippen MR) is 101 cm³/mol. The smallest absolute Gasteiger partial charge is 0.336 e. The van der Waals surface area contributed by atoms with Crippen molar-refractivity contribution in [3.05, 3.63) is 40.2 Å². The van der Waals surface area contributed by atoms with Gasteiger partial charge < -0.3 is 44.2 Å². The number of hydrogen-bond donors (Lipinski definition) is 5. The van der Waals surface area contributed by atoms with Crippen molar-refractivity contribution in [2.24, 2.45) is 0 Å². The lowest BCUT2D eigenvalue weighted by Gasteiger charge is -2.44. The minimum Gasteiger partial charge on any atom is -0.484 e. The van der Waals surface area contributed by atoms with Crippen molar-refractivity contribution in [2.75, 3.05) is 6.61 Å². The number of aliphatic hydroxyl groups is 5. The van der Waals surface area contributed by atoms with Gasteiger partial charge in [-0.15, -0.1) is 0 Å². The molecule has 0 aliphatic carbocycles. The number of benzene rings is 1. The largest absolute Gasteiger partial charge is 0.484 e. The molecule has 0 amide bonds. The molecule has 0 bridgehead atoms. The summed E-state index contributed by atoms with van der Waals surface area (Å²) in [6, 6.07) is 6.19. The highest BCUT2D eigenvalue weighted by molar-refractivity contribution is 5.83. The van der Waals surface area contributed by atoms with Crippen LogP contribution >= 0.6 is 0 Å². The maximum Gasteiger partial charge on any atom is 0.336 e. The van der Waals surface area contributed by atoms with Gasteiger partial charge in [0.05, 0.1) is 12.2 Å². The van der Waals surface area contributed by atoms with Crippen LogP contribution in [0.2, 0.25) is 0 Å². The molecule has 10 heteroatoms. The first-order valence-corrected chi connectivity index (χ1v) is 9.54. The van der Waals surface area contributed by atoms with Gasteiger partial charge in [0, 0.05) is 11.5 Å². The van der Waals surface area contributed by atoms with Crippen LogP contribution in [0.3, 0.4) is 0 Å². The van der Waals surface area contributed by atoms with Crippen LogP contribution < -0.4 is 10.4 Å². The summed E-state index contributed by atoms with van der Waals surface area (Å²) in [7, 11) is 0. The van der Waals surface area contributed by atoms with E-state index in [1.807, 2.05) is 0 Å². The van der Waals surface area contributed by atoms with E-state index < -0.39 is 60.7 Å². The van der Waals surface area contributed by atoms with Gasteiger partial charge in [-0.25, -0.2) is 4.79 Å². The van der Waals surface area contributed by atoms with Gasteiger partial charge in [-0.1, -0.05) is 0 Å². The van der Waals surface area contributed by atoms with Gasteiger partial charge >= 0.3 is 5.63 Å². The first-order valence-electron chi connectivity index (χ1n) is 9.54. The van der Waals surface area contributed by atoms with Crippen LogP contribution in [0.5, 0.6) is 5.75 Å². The molecule has 0 saturated carbocycles. The van der Waals surface area contributed by atoms with E-state index in [-0.39, 0.29) is 5.58 Å². The van der Waals surface area contributed by atoms with Crippen molar-refractivity contribution in [3.8, 4) is 5.75 Å². The Morgan fingerprint density at radius 2 is 1.73 bits per heavy atom. The van der Waals surface area contributed by atoms with Gasteiger partial charge in [0.2, 0.25) is 0 Å². The molecule has 3 heterocycles. The van der Waals surface area contributed by atoms with Gasteiger partial charge in [0.15, 0.2) is 12.4 Å². The lowest BCUT2D eigenvalue weighted by atomic mass is 9.92. The zero-order valence-corrected chi connectivity index (χ0v) is 16.3. The van der Waals surface area contributed by atoms with E-state index in [0.717, 1.165) is 0 Å². The predicted octanol–water partition coefficient (Wildman–Crippen LogP) is -0.817. The molecule has 1 fully saturated rings. The zero-order chi connectivity index (χ0) is 21.8. The fraction of sp³-hybridized carbons (Fsp3) is 0.550. The van der Waals surface area contributed by atoms with Gasteiger partial charge in [0.1, 0.15) is 47.5 Å². The van der Waals surface area contributed by atoms with E-state index in [1.165, 1.54) is 6.07 Å². The van der Waals surface area contributed by atoms with Crippen molar-refractivity contribution in [1.82, 2.24) is 0 Å². The van der Waals surface area contributed by atoms with Crippen LogP contribution in [-0.4, -0.2) is 74.6 Å². The Balaban J connectivity index is 1.61.